The number of rotatable bonds is 6. The minimum atomic E-state index is -4.79. The number of anilines is 1. The van der Waals surface area contributed by atoms with Crippen molar-refractivity contribution in [2.75, 3.05) is 5.32 Å². The Morgan fingerprint density at radius 2 is 1.65 bits per heavy atom. The number of benzene rings is 2. The molecule has 0 saturated carbocycles. The van der Waals surface area contributed by atoms with Gasteiger partial charge < -0.3 is 21.1 Å². The maximum Gasteiger partial charge on any atom is 0.573 e. The predicted molar refractivity (Wildman–Crippen MR) is 88.4 cm³/mol. The molecule has 0 fully saturated rings. The Hall–Kier alpha value is -3.23. The fourth-order valence-electron chi connectivity index (χ4n) is 2.20. The van der Waals surface area contributed by atoms with Crippen molar-refractivity contribution in [2.45, 2.75) is 18.8 Å². The van der Waals surface area contributed by atoms with Crippen molar-refractivity contribution in [3.63, 3.8) is 0 Å². The molecule has 26 heavy (non-hydrogen) atoms. The average Bonchev–Trinajstić information content (AvgIpc) is 2.55. The summed E-state index contributed by atoms with van der Waals surface area (Å²) in [4.78, 5) is 23.5. The molecule has 1 unspecified atom stereocenters. The Morgan fingerprint density at radius 1 is 1.04 bits per heavy atom. The molecular weight excluding hydrogens is 351 g/mol. The Morgan fingerprint density at radius 3 is 2.19 bits per heavy atom. The van der Waals surface area contributed by atoms with Crippen LogP contribution in [0.1, 0.15) is 5.56 Å². The van der Waals surface area contributed by atoms with E-state index in [9.17, 15) is 22.8 Å². The summed E-state index contributed by atoms with van der Waals surface area (Å²) in [6, 6.07) is 11.8. The number of carbonyl (C=O) groups excluding carboxylic acids is 2. The first kappa shape index (κ1) is 19.1. The van der Waals surface area contributed by atoms with Crippen LogP contribution in [-0.4, -0.2) is 24.3 Å². The first-order valence-electron chi connectivity index (χ1n) is 7.49. The van der Waals surface area contributed by atoms with Crippen LogP contribution in [0.25, 0.3) is 0 Å². The van der Waals surface area contributed by atoms with Gasteiger partial charge in [-0.2, -0.15) is 0 Å². The van der Waals surface area contributed by atoms with E-state index in [-0.39, 0.29) is 12.1 Å². The Bertz CT molecular complexity index is 749. The van der Waals surface area contributed by atoms with Gasteiger partial charge in [-0.25, -0.2) is 4.79 Å². The SMILES string of the molecule is NC(=O)NC(Cc1ccccc1)C(=O)Nc1ccc(OC(F)(F)F)cc1. The van der Waals surface area contributed by atoms with Crippen LogP contribution in [0.2, 0.25) is 0 Å². The van der Waals surface area contributed by atoms with E-state index >= 15 is 0 Å². The number of nitrogens with two attached hydrogens (primary N) is 1. The minimum Gasteiger partial charge on any atom is -0.406 e. The lowest BCUT2D eigenvalue weighted by Gasteiger charge is -2.17. The molecule has 2 rings (SSSR count). The van der Waals surface area contributed by atoms with Crippen molar-refractivity contribution in [3.8, 4) is 5.75 Å². The molecule has 4 N–H and O–H groups in total. The first-order valence-corrected chi connectivity index (χ1v) is 7.49. The molecular formula is C17H16F3N3O3. The number of halogens is 3. The van der Waals surface area contributed by atoms with Crippen LogP contribution >= 0.6 is 0 Å². The van der Waals surface area contributed by atoms with Gasteiger partial charge in [0.25, 0.3) is 0 Å². The summed E-state index contributed by atoms with van der Waals surface area (Å²) < 4.78 is 40.2. The van der Waals surface area contributed by atoms with Gasteiger partial charge in [-0.3, -0.25) is 4.79 Å². The number of carbonyl (C=O) groups is 2. The van der Waals surface area contributed by atoms with E-state index in [4.69, 9.17) is 5.73 Å². The zero-order chi connectivity index (χ0) is 19.2. The van der Waals surface area contributed by atoms with Gasteiger partial charge in [0.1, 0.15) is 11.8 Å². The van der Waals surface area contributed by atoms with E-state index < -0.39 is 30.1 Å². The number of alkyl halides is 3. The van der Waals surface area contributed by atoms with Gasteiger partial charge in [0, 0.05) is 12.1 Å². The molecule has 2 aromatic rings. The molecule has 0 aliphatic carbocycles. The van der Waals surface area contributed by atoms with Crippen molar-refractivity contribution >= 4 is 17.6 Å². The Kier molecular flexibility index (Phi) is 6.05. The maximum atomic E-state index is 12.4. The summed E-state index contributed by atoms with van der Waals surface area (Å²) in [6.07, 6.45) is -4.60. The van der Waals surface area contributed by atoms with E-state index in [0.29, 0.717) is 0 Å². The highest BCUT2D eigenvalue weighted by molar-refractivity contribution is 5.97. The minimum absolute atomic E-state index is 0.199. The topological polar surface area (TPSA) is 93.5 Å². The van der Waals surface area contributed by atoms with Gasteiger partial charge in [-0.15, -0.1) is 13.2 Å². The molecule has 2 aromatic carbocycles. The monoisotopic (exact) mass is 367 g/mol. The van der Waals surface area contributed by atoms with Crippen LogP contribution in [0.5, 0.6) is 5.75 Å². The fraction of sp³-hybridized carbons (Fsp3) is 0.176. The van der Waals surface area contributed by atoms with E-state index in [2.05, 4.69) is 15.4 Å². The summed E-state index contributed by atoms with van der Waals surface area (Å²) in [6.45, 7) is 0. The van der Waals surface area contributed by atoms with Gasteiger partial charge in [-0.05, 0) is 29.8 Å². The third-order valence-corrected chi connectivity index (χ3v) is 3.27. The molecule has 0 bridgehead atoms. The molecule has 0 aromatic heterocycles. The third kappa shape index (κ3) is 6.34. The highest BCUT2D eigenvalue weighted by Crippen LogP contribution is 2.24. The van der Waals surface area contributed by atoms with E-state index in [0.717, 1.165) is 17.7 Å². The number of primary amides is 1. The Balaban J connectivity index is 2.05. The van der Waals surface area contributed by atoms with Crippen LogP contribution in [0.3, 0.4) is 0 Å². The average molecular weight is 367 g/mol. The van der Waals surface area contributed by atoms with Gasteiger partial charge in [-0.1, -0.05) is 30.3 Å². The number of ether oxygens (including phenoxy) is 1. The largest absolute Gasteiger partial charge is 0.573 e. The standard InChI is InChI=1S/C17H16F3N3O3/c18-17(19,20)26-13-8-6-12(7-9-13)22-15(24)14(23-16(21)25)10-11-4-2-1-3-5-11/h1-9,14H,10H2,(H,22,24)(H3,21,23,25). The molecule has 0 radical (unpaired) electrons. The zero-order valence-electron chi connectivity index (χ0n) is 13.4. The molecule has 0 aliphatic heterocycles. The summed E-state index contributed by atoms with van der Waals surface area (Å²) >= 11 is 0. The molecule has 138 valence electrons. The van der Waals surface area contributed by atoms with Crippen LogP contribution in [0.15, 0.2) is 54.6 Å². The number of amides is 3. The molecule has 9 heteroatoms. The first-order chi connectivity index (χ1) is 12.2. The van der Waals surface area contributed by atoms with Crippen molar-refractivity contribution in [1.29, 1.82) is 0 Å². The molecule has 0 aliphatic rings. The van der Waals surface area contributed by atoms with Crippen molar-refractivity contribution in [3.05, 3.63) is 60.2 Å². The maximum absolute atomic E-state index is 12.4. The lowest BCUT2D eigenvalue weighted by atomic mass is 10.1. The fourth-order valence-corrected chi connectivity index (χ4v) is 2.20. The number of urea groups is 1. The van der Waals surface area contributed by atoms with Crippen LogP contribution in [0.4, 0.5) is 23.7 Å². The molecule has 0 saturated heterocycles. The lowest BCUT2D eigenvalue weighted by Crippen LogP contribution is -2.47. The van der Waals surface area contributed by atoms with Crippen molar-refractivity contribution in [2.24, 2.45) is 5.73 Å². The summed E-state index contributed by atoms with van der Waals surface area (Å²) in [7, 11) is 0. The number of hydrogen-bond donors (Lipinski definition) is 3. The summed E-state index contributed by atoms with van der Waals surface area (Å²) in [5.41, 5.74) is 6.15. The number of nitrogens with one attached hydrogen (secondary N) is 2. The second-order valence-corrected chi connectivity index (χ2v) is 5.31. The molecule has 1 atom stereocenters. The third-order valence-electron chi connectivity index (χ3n) is 3.27. The van der Waals surface area contributed by atoms with Crippen LogP contribution in [0, 0.1) is 0 Å². The quantitative estimate of drug-likeness (QED) is 0.733. The van der Waals surface area contributed by atoms with Crippen molar-refractivity contribution < 1.29 is 27.5 Å². The molecule has 0 heterocycles. The second kappa shape index (κ2) is 8.24. The smallest absolute Gasteiger partial charge is 0.406 e. The van der Waals surface area contributed by atoms with Crippen LogP contribution in [-0.2, 0) is 11.2 Å². The second-order valence-electron chi connectivity index (χ2n) is 5.31. The van der Waals surface area contributed by atoms with E-state index in [1.54, 1.807) is 24.3 Å². The van der Waals surface area contributed by atoms with Gasteiger partial charge in [0.15, 0.2) is 0 Å². The van der Waals surface area contributed by atoms with Crippen LogP contribution < -0.4 is 21.1 Å². The van der Waals surface area contributed by atoms with Gasteiger partial charge in [0.2, 0.25) is 5.91 Å². The molecule has 6 nitrogen and oxygen atoms in total. The van der Waals surface area contributed by atoms with Gasteiger partial charge in [0.05, 0.1) is 0 Å². The molecule has 0 spiro atoms. The highest BCUT2D eigenvalue weighted by atomic mass is 19.4. The van der Waals surface area contributed by atoms with E-state index in [1.165, 1.54) is 12.1 Å². The van der Waals surface area contributed by atoms with Crippen molar-refractivity contribution in [1.82, 2.24) is 5.32 Å². The normalized spacial score (nSPS) is 12.1. The van der Waals surface area contributed by atoms with E-state index in [1.807, 2.05) is 6.07 Å². The summed E-state index contributed by atoms with van der Waals surface area (Å²) in [5, 5.41) is 4.86. The predicted octanol–water partition coefficient (Wildman–Crippen LogP) is 2.80. The number of hydrogen-bond acceptors (Lipinski definition) is 3. The van der Waals surface area contributed by atoms with Gasteiger partial charge >= 0.3 is 12.4 Å². The zero-order valence-corrected chi connectivity index (χ0v) is 13.4. The summed E-state index contributed by atoms with van der Waals surface area (Å²) in [5.74, 6) is -0.969. The molecule has 3 amide bonds. The Labute approximate surface area is 147 Å². The highest BCUT2D eigenvalue weighted by Gasteiger charge is 2.31. The lowest BCUT2D eigenvalue weighted by molar-refractivity contribution is -0.274.